The number of hydrogen-bond acceptors (Lipinski definition) is 6. The highest BCUT2D eigenvalue weighted by Gasteiger charge is 2.17. The zero-order valence-corrected chi connectivity index (χ0v) is 12.5. The second-order valence-electron chi connectivity index (χ2n) is 3.85. The first-order chi connectivity index (χ1) is 9.65. The number of halogens is 1. The summed E-state index contributed by atoms with van der Waals surface area (Å²) >= 11 is 7.06. The Morgan fingerprint density at radius 3 is 2.85 bits per heavy atom. The average Bonchev–Trinajstić information content (AvgIpc) is 2.81. The van der Waals surface area contributed by atoms with Gasteiger partial charge in [0.2, 0.25) is 0 Å². The summed E-state index contributed by atoms with van der Waals surface area (Å²) in [4.78, 5) is 15.9. The number of carbonyl (C=O) groups is 1. The molecule has 0 saturated heterocycles. The topological polar surface area (TPSA) is 60.5 Å². The van der Waals surface area contributed by atoms with E-state index in [1.807, 2.05) is 24.3 Å². The molecule has 1 heterocycles. The molecule has 7 heteroatoms. The third-order valence-electron chi connectivity index (χ3n) is 2.52. The number of benzene rings is 1. The third-order valence-corrected chi connectivity index (χ3v) is 3.85. The Hall–Kier alpha value is -1.63. The maximum atomic E-state index is 11.5. The molecule has 20 heavy (non-hydrogen) atoms. The van der Waals surface area contributed by atoms with Gasteiger partial charge in [-0.1, -0.05) is 41.1 Å². The van der Waals surface area contributed by atoms with Crippen LogP contribution >= 0.6 is 22.9 Å². The van der Waals surface area contributed by atoms with Crippen molar-refractivity contribution in [3.05, 3.63) is 39.9 Å². The molecule has 1 N–H and O–H groups in total. The van der Waals surface area contributed by atoms with Gasteiger partial charge in [-0.25, -0.2) is 9.78 Å². The molecule has 0 aliphatic rings. The van der Waals surface area contributed by atoms with E-state index in [-0.39, 0.29) is 10.0 Å². The Morgan fingerprint density at radius 2 is 2.15 bits per heavy atom. The highest BCUT2D eigenvalue weighted by Crippen LogP contribution is 2.30. The summed E-state index contributed by atoms with van der Waals surface area (Å²) in [6, 6.07) is 7.68. The van der Waals surface area contributed by atoms with Gasteiger partial charge in [-0.3, -0.25) is 0 Å². The standard InChI is InChI=1S/C13H13ClN2O3S/c1-18-7-8-5-3-4-6-9(8)15-13-16-11(14)10(20-13)12(17)19-2/h3-6H,7H2,1-2H3,(H,15,16). The van der Waals surface area contributed by atoms with Crippen molar-refractivity contribution in [3.8, 4) is 0 Å². The second kappa shape index (κ2) is 6.69. The van der Waals surface area contributed by atoms with Crippen LogP contribution in [0, 0.1) is 0 Å². The van der Waals surface area contributed by atoms with E-state index in [2.05, 4.69) is 15.0 Å². The first-order valence-corrected chi connectivity index (χ1v) is 6.93. The molecule has 0 aliphatic carbocycles. The molecule has 2 rings (SSSR count). The van der Waals surface area contributed by atoms with Gasteiger partial charge >= 0.3 is 5.97 Å². The molecule has 0 saturated carbocycles. The van der Waals surface area contributed by atoms with Crippen molar-refractivity contribution in [2.45, 2.75) is 6.61 Å². The summed E-state index contributed by atoms with van der Waals surface area (Å²) in [5.41, 5.74) is 1.84. The number of methoxy groups -OCH3 is 2. The van der Waals surface area contributed by atoms with Crippen molar-refractivity contribution in [2.24, 2.45) is 0 Å². The van der Waals surface area contributed by atoms with Crippen LogP contribution in [0.25, 0.3) is 0 Å². The Morgan fingerprint density at radius 1 is 1.40 bits per heavy atom. The number of para-hydroxylation sites is 1. The Bertz CT molecular complexity index is 615. The van der Waals surface area contributed by atoms with Crippen molar-refractivity contribution in [1.82, 2.24) is 4.98 Å². The number of nitrogens with zero attached hydrogens (tertiary/aromatic N) is 1. The van der Waals surface area contributed by atoms with E-state index in [4.69, 9.17) is 16.3 Å². The molecule has 0 atom stereocenters. The Kier molecular flexibility index (Phi) is 4.94. The fraction of sp³-hybridized carbons (Fsp3) is 0.231. The van der Waals surface area contributed by atoms with Crippen LogP contribution in [-0.2, 0) is 16.1 Å². The van der Waals surface area contributed by atoms with Crippen molar-refractivity contribution < 1.29 is 14.3 Å². The predicted molar refractivity (Wildman–Crippen MR) is 78.9 cm³/mol. The number of esters is 1. The van der Waals surface area contributed by atoms with Gasteiger partial charge in [-0.2, -0.15) is 0 Å². The zero-order chi connectivity index (χ0) is 14.5. The number of ether oxygens (including phenoxy) is 2. The summed E-state index contributed by atoms with van der Waals surface area (Å²) in [6.07, 6.45) is 0. The fourth-order valence-corrected chi connectivity index (χ4v) is 2.73. The quantitative estimate of drug-likeness (QED) is 0.857. The highest BCUT2D eigenvalue weighted by atomic mass is 35.5. The third kappa shape index (κ3) is 3.27. The summed E-state index contributed by atoms with van der Waals surface area (Å²) in [6.45, 7) is 0.478. The molecule has 2 aromatic rings. The Labute approximate surface area is 125 Å². The van der Waals surface area contributed by atoms with Gasteiger partial charge in [0.1, 0.15) is 0 Å². The number of anilines is 2. The zero-order valence-electron chi connectivity index (χ0n) is 11.0. The lowest BCUT2D eigenvalue weighted by molar-refractivity contribution is 0.0606. The first-order valence-electron chi connectivity index (χ1n) is 5.74. The normalized spacial score (nSPS) is 10.3. The SMILES string of the molecule is COCc1ccccc1Nc1nc(Cl)c(C(=O)OC)s1. The van der Waals surface area contributed by atoms with Crippen LogP contribution in [0.15, 0.2) is 24.3 Å². The minimum Gasteiger partial charge on any atom is -0.465 e. The van der Waals surface area contributed by atoms with Gasteiger partial charge in [0.05, 0.1) is 13.7 Å². The van der Waals surface area contributed by atoms with Crippen LogP contribution in [0.4, 0.5) is 10.8 Å². The van der Waals surface area contributed by atoms with Gasteiger partial charge < -0.3 is 14.8 Å². The number of nitrogens with one attached hydrogen (secondary N) is 1. The van der Waals surface area contributed by atoms with Crippen LogP contribution in [0.3, 0.4) is 0 Å². The van der Waals surface area contributed by atoms with E-state index < -0.39 is 5.97 Å². The van der Waals surface area contributed by atoms with Crippen LogP contribution in [-0.4, -0.2) is 25.2 Å². The van der Waals surface area contributed by atoms with Gasteiger partial charge in [0, 0.05) is 18.4 Å². The molecule has 1 aromatic carbocycles. The molecular weight excluding hydrogens is 300 g/mol. The van der Waals surface area contributed by atoms with E-state index in [1.165, 1.54) is 7.11 Å². The van der Waals surface area contributed by atoms with Crippen molar-refractivity contribution in [2.75, 3.05) is 19.5 Å². The molecule has 5 nitrogen and oxygen atoms in total. The predicted octanol–water partition coefficient (Wildman–Crippen LogP) is 3.47. The molecule has 0 radical (unpaired) electrons. The maximum Gasteiger partial charge on any atom is 0.351 e. The molecule has 0 unspecified atom stereocenters. The van der Waals surface area contributed by atoms with Crippen LogP contribution < -0.4 is 5.32 Å². The summed E-state index contributed by atoms with van der Waals surface area (Å²) < 4.78 is 9.78. The summed E-state index contributed by atoms with van der Waals surface area (Å²) in [5.74, 6) is -0.495. The van der Waals surface area contributed by atoms with E-state index >= 15 is 0 Å². The van der Waals surface area contributed by atoms with Gasteiger partial charge in [-0.15, -0.1) is 0 Å². The van der Waals surface area contributed by atoms with Crippen LogP contribution in [0.1, 0.15) is 15.2 Å². The van der Waals surface area contributed by atoms with E-state index in [0.717, 1.165) is 22.6 Å². The number of thiazole rings is 1. The Balaban J connectivity index is 2.24. The molecule has 0 amide bonds. The second-order valence-corrected chi connectivity index (χ2v) is 5.20. The first kappa shape index (κ1) is 14.8. The minimum absolute atomic E-state index is 0.133. The van der Waals surface area contributed by atoms with E-state index in [9.17, 15) is 4.79 Å². The van der Waals surface area contributed by atoms with E-state index in [0.29, 0.717) is 11.7 Å². The molecule has 0 fully saturated rings. The summed E-state index contributed by atoms with van der Waals surface area (Å²) in [7, 11) is 2.94. The number of rotatable bonds is 5. The number of carbonyl (C=O) groups excluding carboxylic acids is 1. The summed E-state index contributed by atoms with van der Waals surface area (Å²) in [5, 5.41) is 3.79. The monoisotopic (exact) mass is 312 g/mol. The molecule has 0 spiro atoms. The van der Waals surface area contributed by atoms with Gasteiger partial charge in [0.15, 0.2) is 15.2 Å². The average molecular weight is 313 g/mol. The smallest absolute Gasteiger partial charge is 0.351 e. The van der Waals surface area contributed by atoms with Gasteiger partial charge in [-0.05, 0) is 6.07 Å². The fourth-order valence-electron chi connectivity index (χ4n) is 1.61. The highest BCUT2D eigenvalue weighted by molar-refractivity contribution is 7.18. The molecule has 0 bridgehead atoms. The lowest BCUT2D eigenvalue weighted by Crippen LogP contribution is -1.98. The van der Waals surface area contributed by atoms with Crippen LogP contribution in [0.5, 0.6) is 0 Å². The lowest BCUT2D eigenvalue weighted by atomic mass is 10.2. The molecular formula is C13H13ClN2O3S. The van der Waals surface area contributed by atoms with Crippen LogP contribution in [0.2, 0.25) is 5.15 Å². The largest absolute Gasteiger partial charge is 0.465 e. The molecule has 106 valence electrons. The van der Waals surface area contributed by atoms with Crippen molar-refractivity contribution in [3.63, 3.8) is 0 Å². The van der Waals surface area contributed by atoms with E-state index in [1.54, 1.807) is 7.11 Å². The van der Waals surface area contributed by atoms with Gasteiger partial charge in [0.25, 0.3) is 0 Å². The number of hydrogen-bond donors (Lipinski definition) is 1. The minimum atomic E-state index is -0.495. The number of aromatic nitrogens is 1. The van der Waals surface area contributed by atoms with Crippen molar-refractivity contribution >= 4 is 39.7 Å². The van der Waals surface area contributed by atoms with Crippen molar-refractivity contribution in [1.29, 1.82) is 0 Å². The molecule has 0 aliphatic heterocycles. The maximum absolute atomic E-state index is 11.5. The lowest BCUT2D eigenvalue weighted by Gasteiger charge is -2.08. The molecule has 1 aromatic heterocycles.